The highest BCUT2D eigenvalue weighted by Crippen LogP contribution is 2.30. The molecule has 6 nitrogen and oxygen atoms in total. The molecule has 6 heteroatoms. The highest BCUT2D eigenvalue weighted by molar-refractivity contribution is 5.79. The maximum absolute atomic E-state index is 11.1. The van der Waals surface area contributed by atoms with Crippen molar-refractivity contribution in [3.8, 4) is 5.75 Å². The summed E-state index contributed by atoms with van der Waals surface area (Å²) in [6.07, 6.45) is -0.743. The zero-order valence-corrected chi connectivity index (χ0v) is 18.3. The van der Waals surface area contributed by atoms with Gasteiger partial charge in [0.05, 0.1) is 25.8 Å². The molecule has 1 aromatic heterocycles. The number of hydrogen-bond acceptors (Lipinski definition) is 5. The summed E-state index contributed by atoms with van der Waals surface area (Å²) in [5.74, 6) is 0.830. The highest BCUT2D eigenvalue weighted by Gasteiger charge is 2.17. The van der Waals surface area contributed by atoms with E-state index in [4.69, 9.17) is 9.47 Å². The Balaban J connectivity index is 1.51. The molecule has 0 saturated heterocycles. The Bertz CT molecular complexity index is 1200. The fourth-order valence-electron chi connectivity index (χ4n) is 3.74. The minimum absolute atomic E-state index is 0.473. The summed E-state index contributed by atoms with van der Waals surface area (Å²) in [5, 5.41) is 19.4. The fraction of sp³-hybridized carbons (Fsp3) is 0.280. The topological polar surface area (TPSA) is 69.4 Å². The van der Waals surface area contributed by atoms with Gasteiger partial charge < -0.3 is 14.6 Å². The first-order valence-corrected chi connectivity index (χ1v) is 10.2. The molecule has 0 radical (unpaired) electrons. The van der Waals surface area contributed by atoms with Crippen molar-refractivity contribution < 1.29 is 14.6 Å². The third-order valence-corrected chi connectivity index (χ3v) is 5.75. The minimum atomic E-state index is -0.743. The SMILES string of the molecule is COc1ccc(COCc2cc(C(O)c3ccc4c(nnn4C)c3C)ccc2C)cc1. The monoisotopic (exact) mass is 417 g/mol. The first-order chi connectivity index (χ1) is 15.0. The lowest BCUT2D eigenvalue weighted by Gasteiger charge is -2.17. The molecule has 0 spiro atoms. The van der Waals surface area contributed by atoms with Crippen molar-refractivity contribution in [1.82, 2.24) is 15.0 Å². The third-order valence-electron chi connectivity index (χ3n) is 5.75. The Labute approximate surface area is 182 Å². The Hall–Kier alpha value is -3.22. The molecule has 1 heterocycles. The van der Waals surface area contributed by atoms with Gasteiger partial charge in [0.15, 0.2) is 0 Å². The number of benzene rings is 3. The number of methoxy groups -OCH3 is 1. The van der Waals surface area contributed by atoms with Gasteiger partial charge in [0.2, 0.25) is 0 Å². The summed E-state index contributed by atoms with van der Waals surface area (Å²) in [6, 6.07) is 17.8. The van der Waals surface area contributed by atoms with Gasteiger partial charge in [-0.05, 0) is 65.4 Å². The van der Waals surface area contributed by atoms with Gasteiger partial charge in [0.1, 0.15) is 17.4 Å². The number of rotatable bonds is 7. The number of aliphatic hydroxyl groups is 1. The Kier molecular flexibility index (Phi) is 6.02. The largest absolute Gasteiger partial charge is 0.497 e. The van der Waals surface area contributed by atoms with Gasteiger partial charge in [0, 0.05) is 7.05 Å². The van der Waals surface area contributed by atoms with Crippen molar-refractivity contribution in [1.29, 1.82) is 0 Å². The number of fused-ring (bicyclic) bond motifs is 1. The summed E-state index contributed by atoms with van der Waals surface area (Å²) in [6.45, 7) is 5.01. The van der Waals surface area contributed by atoms with Crippen molar-refractivity contribution in [2.75, 3.05) is 7.11 Å². The molecular formula is C25H27N3O3. The van der Waals surface area contributed by atoms with Crippen molar-refractivity contribution in [2.45, 2.75) is 33.2 Å². The molecule has 0 aliphatic rings. The predicted molar refractivity (Wildman–Crippen MR) is 120 cm³/mol. The summed E-state index contributed by atoms with van der Waals surface area (Å²) in [4.78, 5) is 0. The van der Waals surface area contributed by atoms with Crippen LogP contribution in [0.5, 0.6) is 5.75 Å². The van der Waals surface area contributed by atoms with Gasteiger partial charge >= 0.3 is 0 Å². The molecule has 0 aliphatic heterocycles. The van der Waals surface area contributed by atoms with E-state index in [2.05, 4.69) is 17.2 Å². The predicted octanol–water partition coefficient (Wildman–Crippen LogP) is 4.39. The van der Waals surface area contributed by atoms with Crippen molar-refractivity contribution in [3.05, 3.63) is 88.0 Å². The van der Waals surface area contributed by atoms with E-state index < -0.39 is 6.10 Å². The average molecular weight is 418 g/mol. The van der Waals surface area contributed by atoms with Gasteiger partial charge in [-0.2, -0.15) is 0 Å². The average Bonchev–Trinajstić information content (AvgIpc) is 3.17. The summed E-state index contributed by atoms with van der Waals surface area (Å²) < 4.78 is 12.9. The van der Waals surface area contributed by atoms with Crippen LogP contribution in [0, 0.1) is 13.8 Å². The second kappa shape index (κ2) is 8.88. The molecule has 1 atom stereocenters. The second-order valence-corrected chi connectivity index (χ2v) is 7.79. The van der Waals surface area contributed by atoms with Crippen LogP contribution in [0.1, 0.15) is 39.5 Å². The standard InChI is InChI=1S/C25H27N3O3/c1-16-5-8-19(13-20(16)15-31-14-18-6-9-21(30-4)10-7-18)25(29)22-11-12-23-24(17(22)2)26-27-28(23)3/h5-13,25,29H,14-15H2,1-4H3. The molecule has 1 unspecified atom stereocenters. The lowest BCUT2D eigenvalue weighted by Crippen LogP contribution is -2.05. The van der Waals surface area contributed by atoms with Crippen LogP contribution in [-0.4, -0.2) is 27.2 Å². The van der Waals surface area contributed by atoms with Crippen LogP contribution in [0.2, 0.25) is 0 Å². The molecule has 31 heavy (non-hydrogen) atoms. The first kappa shape index (κ1) is 21.0. The van der Waals surface area contributed by atoms with E-state index in [-0.39, 0.29) is 0 Å². The van der Waals surface area contributed by atoms with Crippen LogP contribution in [0.4, 0.5) is 0 Å². The quantitative estimate of drug-likeness (QED) is 0.483. The normalized spacial score (nSPS) is 12.3. The van der Waals surface area contributed by atoms with Gasteiger partial charge in [0.25, 0.3) is 0 Å². The van der Waals surface area contributed by atoms with Gasteiger partial charge in [-0.1, -0.05) is 41.6 Å². The first-order valence-electron chi connectivity index (χ1n) is 10.2. The highest BCUT2D eigenvalue weighted by atomic mass is 16.5. The molecule has 3 aromatic carbocycles. The van der Waals surface area contributed by atoms with Crippen LogP contribution in [0.25, 0.3) is 11.0 Å². The van der Waals surface area contributed by atoms with Crippen molar-refractivity contribution in [2.24, 2.45) is 7.05 Å². The molecule has 0 fully saturated rings. The Morgan fingerprint density at radius 1 is 1.00 bits per heavy atom. The number of aromatic nitrogens is 3. The van der Waals surface area contributed by atoms with E-state index in [1.54, 1.807) is 11.8 Å². The van der Waals surface area contributed by atoms with Crippen LogP contribution >= 0.6 is 0 Å². The summed E-state index contributed by atoms with van der Waals surface area (Å²) in [7, 11) is 3.52. The van der Waals surface area contributed by atoms with Crippen molar-refractivity contribution >= 4 is 11.0 Å². The lowest BCUT2D eigenvalue weighted by atomic mass is 9.94. The van der Waals surface area contributed by atoms with Gasteiger partial charge in [-0.25, -0.2) is 4.68 Å². The smallest absolute Gasteiger partial charge is 0.118 e. The second-order valence-electron chi connectivity index (χ2n) is 7.79. The molecule has 1 N–H and O–H groups in total. The molecule has 0 saturated carbocycles. The molecular weight excluding hydrogens is 390 g/mol. The van der Waals surface area contributed by atoms with E-state index >= 15 is 0 Å². The van der Waals surface area contributed by atoms with E-state index in [1.165, 1.54) is 0 Å². The maximum atomic E-state index is 11.1. The number of nitrogens with zero attached hydrogens (tertiary/aromatic N) is 3. The number of hydrogen-bond donors (Lipinski definition) is 1. The van der Waals surface area contributed by atoms with E-state index in [1.807, 2.05) is 68.6 Å². The molecule has 4 aromatic rings. The zero-order chi connectivity index (χ0) is 22.0. The molecule has 0 amide bonds. The van der Waals surface area contributed by atoms with Crippen LogP contribution in [0.15, 0.2) is 54.6 Å². The number of ether oxygens (including phenoxy) is 2. The summed E-state index contributed by atoms with van der Waals surface area (Å²) >= 11 is 0. The minimum Gasteiger partial charge on any atom is -0.497 e. The van der Waals surface area contributed by atoms with Crippen molar-refractivity contribution in [3.63, 3.8) is 0 Å². The van der Waals surface area contributed by atoms with Crippen LogP contribution < -0.4 is 4.74 Å². The van der Waals surface area contributed by atoms with Crippen LogP contribution in [-0.2, 0) is 25.0 Å². The van der Waals surface area contributed by atoms with E-state index in [0.717, 1.165) is 50.2 Å². The van der Waals surface area contributed by atoms with Gasteiger partial charge in [-0.15, -0.1) is 5.10 Å². The van der Waals surface area contributed by atoms with Gasteiger partial charge in [-0.3, -0.25) is 0 Å². The zero-order valence-electron chi connectivity index (χ0n) is 18.3. The molecule has 4 rings (SSSR count). The summed E-state index contributed by atoms with van der Waals surface area (Å²) in [5.41, 5.74) is 7.65. The van der Waals surface area contributed by atoms with E-state index in [9.17, 15) is 5.11 Å². The third kappa shape index (κ3) is 4.31. The molecule has 160 valence electrons. The Morgan fingerprint density at radius 3 is 2.52 bits per heavy atom. The number of aliphatic hydroxyl groups excluding tert-OH is 1. The lowest BCUT2D eigenvalue weighted by molar-refractivity contribution is 0.106. The maximum Gasteiger partial charge on any atom is 0.118 e. The molecule has 0 aliphatic carbocycles. The fourth-order valence-corrected chi connectivity index (χ4v) is 3.74. The Morgan fingerprint density at radius 2 is 1.77 bits per heavy atom. The van der Waals surface area contributed by atoms with Crippen LogP contribution in [0.3, 0.4) is 0 Å². The molecule has 0 bridgehead atoms. The number of aryl methyl sites for hydroxylation is 3. The van der Waals surface area contributed by atoms with E-state index in [0.29, 0.717) is 13.2 Å².